The van der Waals surface area contributed by atoms with E-state index in [1.807, 2.05) is 6.92 Å². The number of halogens is 1. The van der Waals surface area contributed by atoms with Gasteiger partial charge in [-0.3, -0.25) is 0 Å². The molecule has 0 bridgehead atoms. The summed E-state index contributed by atoms with van der Waals surface area (Å²) in [7, 11) is 0. The first-order chi connectivity index (χ1) is 15.3. The Labute approximate surface area is 192 Å². The van der Waals surface area contributed by atoms with Gasteiger partial charge in [-0.1, -0.05) is 63.8 Å². The molecule has 3 heteroatoms. The van der Waals surface area contributed by atoms with E-state index in [1.54, 1.807) is 6.07 Å². The van der Waals surface area contributed by atoms with Gasteiger partial charge in [0, 0.05) is 5.57 Å². The minimum Gasteiger partial charge on any atom is -0.478 e. The standard InChI is InChI=1S/C29H37FO2/c1-5-6-10-27(29(31)32)28(26-14-13-25(30)18-21(26)4)24-12-11-23(20(3)17-24)16-19(2)15-22-8-7-9-22/h11-14,17-19,22H,5-10,15-16H2,1-4H3,(H,31,32)/b28-27+. The van der Waals surface area contributed by atoms with Crippen LogP contribution in [0.2, 0.25) is 0 Å². The molecule has 0 heterocycles. The quantitative estimate of drug-likeness (QED) is 0.384. The van der Waals surface area contributed by atoms with Crippen LogP contribution in [0.4, 0.5) is 4.39 Å². The van der Waals surface area contributed by atoms with Gasteiger partial charge >= 0.3 is 5.97 Å². The third kappa shape index (κ3) is 5.88. The maximum atomic E-state index is 13.8. The molecule has 0 saturated heterocycles. The molecule has 2 aromatic rings. The second-order valence-electron chi connectivity index (χ2n) is 9.70. The number of hydrogen-bond donors (Lipinski definition) is 1. The molecule has 1 N–H and O–H groups in total. The summed E-state index contributed by atoms with van der Waals surface area (Å²) >= 11 is 0. The average molecular weight is 437 g/mol. The molecule has 0 aromatic heterocycles. The molecule has 32 heavy (non-hydrogen) atoms. The molecule has 0 spiro atoms. The summed E-state index contributed by atoms with van der Waals surface area (Å²) in [6, 6.07) is 11.0. The van der Waals surface area contributed by atoms with Crippen LogP contribution in [0, 0.1) is 31.5 Å². The van der Waals surface area contributed by atoms with Gasteiger partial charge in [-0.15, -0.1) is 0 Å². The van der Waals surface area contributed by atoms with Gasteiger partial charge in [0.05, 0.1) is 0 Å². The lowest BCUT2D eigenvalue weighted by Gasteiger charge is -2.28. The van der Waals surface area contributed by atoms with E-state index >= 15 is 0 Å². The Hall–Kier alpha value is -2.42. The van der Waals surface area contributed by atoms with Crippen LogP contribution in [0.5, 0.6) is 0 Å². The Morgan fingerprint density at radius 2 is 1.88 bits per heavy atom. The Kier molecular flexibility index (Phi) is 8.28. The van der Waals surface area contributed by atoms with Crippen molar-refractivity contribution >= 4 is 11.5 Å². The Balaban J connectivity index is 2.00. The van der Waals surface area contributed by atoms with E-state index in [0.29, 0.717) is 17.9 Å². The zero-order valence-electron chi connectivity index (χ0n) is 20.0. The minimum atomic E-state index is -0.895. The highest BCUT2D eigenvalue weighted by Gasteiger charge is 2.22. The molecule has 0 amide bonds. The summed E-state index contributed by atoms with van der Waals surface area (Å²) in [5, 5.41) is 10.1. The first-order valence-corrected chi connectivity index (χ1v) is 12.1. The van der Waals surface area contributed by atoms with Gasteiger partial charge in [0.1, 0.15) is 5.82 Å². The van der Waals surface area contributed by atoms with Crippen LogP contribution in [-0.4, -0.2) is 11.1 Å². The van der Waals surface area contributed by atoms with E-state index in [9.17, 15) is 14.3 Å². The van der Waals surface area contributed by atoms with Crippen molar-refractivity contribution in [3.05, 3.63) is 75.6 Å². The van der Waals surface area contributed by atoms with Crippen LogP contribution in [0.15, 0.2) is 42.0 Å². The molecular weight excluding hydrogens is 399 g/mol. The lowest BCUT2D eigenvalue weighted by molar-refractivity contribution is -0.132. The van der Waals surface area contributed by atoms with Crippen molar-refractivity contribution in [1.29, 1.82) is 0 Å². The molecule has 0 radical (unpaired) electrons. The number of benzene rings is 2. The minimum absolute atomic E-state index is 0.303. The number of aryl methyl sites for hydroxylation is 2. The summed E-state index contributed by atoms with van der Waals surface area (Å²) in [6.07, 6.45) is 8.71. The van der Waals surface area contributed by atoms with Gasteiger partial charge < -0.3 is 5.11 Å². The number of unbranched alkanes of at least 4 members (excludes halogenated alkanes) is 1. The molecule has 3 rings (SSSR count). The van der Waals surface area contributed by atoms with Crippen molar-refractivity contribution in [3.8, 4) is 0 Å². The molecular formula is C29H37FO2. The number of carboxylic acids is 1. The molecule has 172 valence electrons. The molecule has 2 aromatic carbocycles. The fourth-order valence-corrected chi connectivity index (χ4v) is 4.93. The first-order valence-electron chi connectivity index (χ1n) is 12.1. The van der Waals surface area contributed by atoms with Crippen LogP contribution < -0.4 is 0 Å². The Morgan fingerprint density at radius 3 is 2.44 bits per heavy atom. The number of rotatable bonds is 10. The molecule has 1 unspecified atom stereocenters. The number of carbonyl (C=O) groups is 1. The topological polar surface area (TPSA) is 37.3 Å². The highest BCUT2D eigenvalue weighted by Crippen LogP contribution is 2.35. The summed E-state index contributed by atoms with van der Waals surface area (Å²) in [5.74, 6) is 0.353. The Bertz CT molecular complexity index is 985. The van der Waals surface area contributed by atoms with E-state index < -0.39 is 5.97 Å². The molecule has 2 nitrogen and oxygen atoms in total. The summed E-state index contributed by atoms with van der Waals surface area (Å²) < 4.78 is 13.8. The van der Waals surface area contributed by atoms with E-state index in [2.05, 4.69) is 39.0 Å². The third-order valence-corrected chi connectivity index (χ3v) is 6.96. The van der Waals surface area contributed by atoms with Crippen LogP contribution in [0.1, 0.15) is 86.6 Å². The van der Waals surface area contributed by atoms with Crippen LogP contribution >= 0.6 is 0 Å². The van der Waals surface area contributed by atoms with Gasteiger partial charge in [-0.2, -0.15) is 0 Å². The van der Waals surface area contributed by atoms with Crippen molar-refractivity contribution in [1.82, 2.24) is 0 Å². The summed E-state index contributed by atoms with van der Waals surface area (Å²) in [6.45, 7) is 8.37. The molecule has 1 atom stereocenters. The first kappa shape index (κ1) is 24.2. The fraction of sp³-hybridized carbons (Fsp3) is 0.483. The van der Waals surface area contributed by atoms with Crippen LogP contribution in [0.25, 0.3) is 5.57 Å². The molecule has 1 saturated carbocycles. The zero-order chi connectivity index (χ0) is 23.3. The van der Waals surface area contributed by atoms with Gasteiger partial charge in [0.2, 0.25) is 0 Å². The second kappa shape index (κ2) is 10.9. The predicted octanol–water partition coefficient (Wildman–Crippen LogP) is 7.89. The highest BCUT2D eigenvalue weighted by atomic mass is 19.1. The Morgan fingerprint density at radius 1 is 1.12 bits per heavy atom. The van der Waals surface area contributed by atoms with Crippen molar-refractivity contribution in [2.75, 3.05) is 0 Å². The maximum absolute atomic E-state index is 13.8. The molecule has 1 fully saturated rings. The lowest BCUT2D eigenvalue weighted by atomic mass is 9.78. The van der Waals surface area contributed by atoms with Crippen LogP contribution in [-0.2, 0) is 11.2 Å². The van der Waals surface area contributed by atoms with E-state index in [4.69, 9.17) is 0 Å². The lowest BCUT2D eigenvalue weighted by Crippen LogP contribution is -2.16. The van der Waals surface area contributed by atoms with E-state index in [1.165, 1.54) is 48.9 Å². The summed E-state index contributed by atoms with van der Waals surface area (Å²) in [4.78, 5) is 12.3. The predicted molar refractivity (Wildman–Crippen MR) is 130 cm³/mol. The smallest absolute Gasteiger partial charge is 0.332 e. The maximum Gasteiger partial charge on any atom is 0.332 e. The fourth-order valence-electron chi connectivity index (χ4n) is 4.93. The van der Waals surface area contributed by atoms with Crippen molar-refractivity contribution in [3.63, 3.8) is 0 Å². The van der Waals surface area contributed by atoms with Gasteiger partial charge in [-0.25, -0.2) is 9.18 Å². The number of hydrogen-bond acceptors (Lipinski definition) is 1. The van der Waals surface area contributed by atoms with E-state index in [0.717, 1.165) is 47.4 Å². The van der Waals surface area contributed by atoms with Crippen molar-refractivity contribution in [2.24, 2.45) is 11.8 Å². The monoisotopic (exact) mass is 436 g/mol. The van der Waals surface area contributed by atoms with Crippen molar-refractivity contribution < 1.29 is 14.3 Å². The van der Waals surface area contributed by atoms with Gasteiger partial charge in [0.15, 0.2) is 0 Å². The normalized spacial score (nSPS) is 15.8. The average Bonchev–Trinajstić information content (AvgIpc) is 2.70. The largest absolute Gasteiger partial charge is 0.478 e. The second-order valence-corrected chi connectivity index (χ2v) is 9.70. The van der Waals surface area contributed by atoms with Crippen molar-refractivity contribution in [2.45, 2.75) is 79.1 Å². The number of carboxylic acid groups (broad SMARTS) is 1. The van der Waals surface area contributed by atoms with Gasteiger partial charge in [0.25, 0.3) is 0 Å². The molecule has 1 aliphatic rings. The highest BCUT2D eigenvalue weighted by molar-refractivity contribution is 6.01. The van der Waals surface area contributed by atoms with E-state index in [-0.39, 0.29) is 5.82 Å². The van der Waals surface area contributed by atoms with Gasteiger partial charge in [-0.05, 0) is 96.9 Å². The molecule has 0 aliphatic heterocycles. The zero-order valence-corrected chi connectivity index (χ0v) is 20.0. The SMILES string of the molecule is CCCC/C(C(=O)O)=C(/c1ccc(CC(C)CC2CCC2)c(C)c1)c1ccc(F)cc1C. The summed E-state index contributed by atoms with van der Waals surface area (Å²) in [5.41, 5.74) is 6.12. The van der Waals surface area contributed by atoms with Crippen LogP contribution in [0.3, 0.4) is 0 Å². The third-order valence-electron chi connectivity index (χ3n) is 6.96. The number of aliphatic carboxylic acids is 1. The molecule has 1 aliphatic carbocycles.